The Morgan fingerprint density at radius 3 is 3.00 bits per heavy atom. The molecule has 3 heterocycles. The summed E-state index contributed by atoms with van der Waals surface area (Å²) in [6, 6.07) is 1.19. The van der Waals surface area contributed by atoms with Gasteiger partial charge in [-0.3, -0.25) is 14.8 Å². The van der Waals surface area contributed by atoms with E-state index in [9.17, 15) is 9.18 Å². The molecule has 7 heteroatoms. The Hall–Kier alpha value is -2.57. The van der Waals surface area contributed by atoms with Crippen LogP contribution < -0.4 is 10.2 Å². The number of hydrogen-bond acceptors (Lipinski definition) is 5. The maximum absolute atomic E-state index is 13.1. The Morgan fingerprint density at radius 2 is 2.22 bits per heavy atom. The quantitative estimate of drug-likeness (QED) is 0.929. The molecule has 23 heavy (non-hydrogen) atoms. The molecule has 0 radical (unpaired) electrons. The monoisotopic (exact) mass is 315 g/mol. The molecule has 1 saturated heterocycles. The fourth-order valence-electron chi connectivity index (χ4n) is 2.77. The largest absolute Gasteiger partial charge is 0.355 e. The predicted molar refractivity (Wildman–Crippen MR) is 83.5 cm³/mol. The number of anilines is 1. The van der Waals surface area contributed by atoms with Crippen LogP contribution in [0.2, 0.25) is 0 Å². The van der Waals surface area contributed by atoms with Gasteiger partial charge in [-0.1, -0.05) is 0 Å². The van der Waals surface area contributed by atoms with E-state index in [2.05, 4.69) is 25.2 Å². The van der Waals surface area contributed by atoms with Gasteiger partial charge >= 0.3 is 0 Å². The van der Waals surface area contributed by atoms with Crippen LogP contribution >= 0.6 is 0 Å². The van der Waals surface area contributed by atoms with Crippen molar-refractivity contribution in [2.45, 2.75) is 12.8 Å². The topological polar surface area (TPSA) is 71.0 Å². The van der Waals surface area contributed by atoms with Crippen LogP contribution in [-0.4, -0.2) is 40.5 Å². The van der Waals surface area contributed by atoms with Crippen molar-refractivity contribution in [3.05, 3.63) is 48.4 Å². The Bertz CT molecular complexity index is 667. The number of carbonyl (C=O) groups excluding carboxylic acids is 1. The zero-order valence-corrected chi connectivity index (χ0v) is 12.7. The van der Waals surface area contributed by atoms with Crippen molar-refractivity contribution in [3.8, 4) is 0 Å². The highest BCUT2D eigenvalue weighted by Crippen LogP contribution is 2.20. The summed E-state index contributed by atoms with van der Waals surface area (Å²) in [7, 11) is 0. The van der Waals surface area contributed by atoms with E-state index in [1.165, 1.54) is 12.3 Å². The summed E-state index contributed by atoms with van der Waals surface area (Å²) in [6.07, 6.45) is 9.61. The molecule has 1 N–H and O–H groups in total. The minimum atomic E-state index is -0.510. The molecule has 0 saturated carbocycles. The number of halogens is 1. The zero-order chi connectivity index (χ0) is 16.1. The van der Waals surface area contributed by atoms with E-state index in [-0.39, 0.29) is 11.5 Å². The van der Waals surface area contributed by atoms with Crippen LogP contribution in [0, 0.1) is 11.7 Å². The summed E-state index contributed by atoms with van der Waals surface area (Å²) in [5, 5.41) is 2.86. The molecular weight excluding hydrogens is 297 g/mol. The van der Waals surface area contributed by atoms with Gasteiger partial charge in [0.1, 0.15) is 11.6 Å². The van der Waals surface area contributed by atoms with Crippen LogP contribution in [0.25, 0.3) is 0 Å². The molecular formula is C16H18FN5O. The maximum atomic E-state index is 13.1. The molecule has 1 aliphatic heterocycles. The third kappa shape index (κ3) is 4.00. The highest BCUT2D eigenvalue weighted by atomic mass is 19.1. The van der Waals surface area contributed by atoms with Gasteiger partial charge in [0.2, 0.25) is 0 Å². The first kappa shape index (κ1) is 15.3. The van der Waals surface area contributed by atoms with Crippen molar-refractivity contribution >= 4 is 11.7 Å². The third-order valence-electron chi connectivity index (χ3n) is 3.91. The van der Waals surface area contributed by atoms with Gasteiger partial charge in [-0.05, 0) is 24.8 Å². The summed E-state index contributed by atoms with van der Waals surface area (Å²) in [6.45, 7) is 2.31. The summed E-state index contributed by atoms with van der Waals surface area (Å²) < 4.78 is 13.1. The Morgan fingerprint density at radius 1 is 1.30 bits per heavy atom. The van der Waals surface area contributed by atoms with Gasteiger partial charge in [0.15, 0.2) is 0 Å². The zero-order valence-electron chi connectivity index (χ0n) is 12.7. The minimum absolute atomic E-state index is 0.242. The molecule has 120 valence electrons. The summed E-state index contributed by atoms with van der Waals surface area (Å²) in [5.41, 5.74) is 0.242. The summed E-state index contributed by atoms with van der Waals surface area (Å²) >= 11 is 0. The van der Waals surface area contributed by atoms with E-state index < -0.39 is 5.82 Å². The van der Waals surface area contributed by atoms with E-state index in [1.807, 2.05) is 0 Å². The SMILES string of the molecule is O=C(NCC1CCCN(c2cnccn2)C1)c1cncc(F)c1. The van der Waals surface area contributed by atoms with Gasteiger partial charge < -0.3 is 10.2 Å². The average molecular weight is 315 g/mol. The highest BCUT2D eigenvalue weighted by molar-refractivity contribution is 5.93. The van der Waals surface area contributed by atoms with Crippen LogP contribution in [0.4, 0.5) is 10.2 Å². The molecule has 3 rings (SSSR count). The maximum Gasteiger partial charge on any atom is 0.252 e. The molecule has 1 amide bonds. The van der Waals surface area contributed by atoms with Crippen LogP contribution in [-0.2, 0) is 0 Å². The molecule has 0 spiro atoms. The smallest absolute Gasteiger partial charge is 0.252 e. The standard InChI is InChI=1S/C16H18FN5O/c17-14-6-13(8-19-9-14)16(23)21-7-12-2-1-5-22(11-12)15-10-18-3-4-20-15/h3-4,6,8-10,12H,1-2,5,7,11H2,(H,21,23). The third-order valence-corrected chi connectivity index (χ3v) is 3.91. The molecule has 1 unspecified atom stereocenters. The van der Waals surface area contributed by atoms with E-state index in [0.717, 1.165) is 37.9 Å². The summed E-state index contributed by atoms with van der Waals surface area (Å²) in [4.78, 5) is 26.3. The number of nitrogens with zero attached hydrogens (tertiary/aromatic N) is 4. The van der Waals surface area contributed by atoms with E-state index in [0.29, 0.717) is 12.5 Å². The average Bonchev–Trinajstić information content (AvgIpc) is 2.61. The first-order chi connectivity index (χ1) is 11.2. The molecule has 1 fully saturated rings. The second kappa shape index (κ2) is 7.13. The van der Waals surface area contributed by atoms with Gasteiger partial charge in [0.05, 0.1) is 18.0 Å². The molecule has 0 bridgehead atoms. The normalized spacial score (nSPS) is 17.8. The van der Waals surface area contributed by atoms with E-state index in [4.69, 9.17) is 0 Å². The molecule has 6 nitrogen and oxygen atoms in total. The van der Waals surface area contributed by atoms with Crippen molar-refractivity contribution in [1.82, 2.24) is 20.3 Å². The molecule has 0 aromatic carbocycles. The molecule has 0 aliphatic carbocycles. The van der Waals surface area contributed by atoms with Crippen molar-refractivity contribution < 1.29 is 9.18 Å². The summed E-state index contributed by atoms with van der Waals surface area (Å²) in [5.74, 6) is 0.381. The van der Waals surface area contributed by atoms with Gasteiger partial charge in [-0.2, -0.15) is 0 Å². The van der Waals surface area contributed by atoms with Gasteiger partial charge in [-0.15, -0.1) is 0 Å². The molecule has 1 atom stereocenters. The first-order valence-electron chi connectivity index (χ1n) is 7.62. The lowest BCUT2D eigenvalue weighted by atomic mass is 9.98. The first-order valence-corrected chi connectivity index (χ1v) is 7.62. The number of hydrogen-bond donors (Lipinski definition) is 1. The lowest BCUT2D eigenvalue weighted by Crippen LogP contribution is -2.41. The number of piperidine rings is 1. The predicted octanol–water partition coefficient (Wildman–Crippen LogP) is 1.66. The van der Waals surface area contributed by atoms with Crippen molar-refractivity contribution in [3.63, 3.8) is 0 Å². The number of amides is 1. The number of pyridine rings is 1. The minimum Gasteiger partial charge on any atom is -0.355 e. The van der Waals surface area contributed by atoms with Crippen LogP contribution in [0.3, 0.4) is 0 Å². The molecule has 2 aromatic rings. The van der Waals surface area contributed by atoms with Gasteiger partial charge in [0, 0.05) is 38.2 Å². The van der Waals surface area contributed by atoms with Crippen LogP contribution in [0.1, 0.15) is 23.2 Å². The second-order valence-electron chi connectivity index (χ2n) is 5.62. The van der Waals surface area contributed by atoms with Crippen LogP contribution in [0.5, 0.6) is 0 Å². The Kier molecular flexibility index (Phi) is 4.75. The fraction of sp³-hybridized carbons (Fsp3) is 0.375. The van der Waals surface area contributed by atoms with Gasteiger partial charge in [0.25, 0.3) is 5.91 Å². The van der Waals surface area contributed by atoms with E-state index >= 15 is 0 Å². The molecule has 2 aromatic heterocycles. The van der Waals surface area contributed by atoms with Crippen LogP contribution in [0.15, 0.2) is 37.1 Å². The van der Waals surface area contributed by atoms with E-state index in [1.54, 1.807) is 18.6 Å². The number of carbonyl (C=O) groups is 1. The number of nitrogens with one attached hydrogen (secondary N) is 1. The Balaban J connectivity index is 1.55. The van der Waals surface area contributed by atoms with Crippen molar-refractivity contribution in [2.75, 3.05) is 24.5 Å². The lowest BCUT2D eigenvalue weighted by Gasteiger charge is -2.33. The Labute approximate surface area is 133 Å². The molecule has 1 aliphatic rings. The van der Waals surface area contributed by atoms with Crippen molar-refractivity contribution in [1.29, 1.82) is 0 Å². The van der Waals surface area contributed by atoms with Gasteiger partial charge in [-0.25, -0.2) is 9.37 Å². The second-order valence-corrected chi connectivity index (χ2v) is 5.62. The fourth-order valence-corrected chi connectivity index (χ4v) is 2.77. The number of aromatic nitrogens is 3. The number of rotatable bonds is 4. The highest BCUT2D eigenvalue weighted by Gasteiger charge is 2.21. The van der Waals surface area contributed by atoms with Crippen molar-refractivity contribution in [2.24, 2.45) is 5.92 Å². The lowest BCUT2D eigenvalue weighted by molar-refractivity contribution is 0.0945.